The number of nitrogens with one attached hydrogen (secondary N) is 2. The molecule has 11 nitrogen and oxygen atoms in total. The Balaban J connectivity index is 2.12. The van der Waals surface area contributed by atoms with Gasteiger partial charge in [-0.25, -0.2) is 4.79 Å². The monoisotopic (exact) mass is 573 g/mol. The van der Waals surface area contributed by atoms with Crippen LogP contribution in [0.3, 0.4) is 0 Å². The molecule has 2 rings (SSSR count). The third-order valence-corrected chi connectivity index (χ3v) is 7.59. The van der Waals surface area contributed by atoms with Gasteiger partial charge in [-0.15, -0.1) is 0 Å². The minimum absolute atomic E-state index is 0.0831. The maximum Gasteiger partial charge on any atom is 0.415 e. The lowest BCUT2D eigenvalue weighted by atomic mass is 9.84. The second-order valence-corrected chi connectivity index (χ2v) is 10.9. The SMILES string of the molecule is CCCCCC(=O)NC(Cc1ccc(OC(=O)N2CCN(C)CC2)cc1)C(=O)CC(C(=O)NCC(N)=O)C(C)CC. The van der Waals surface area contributed by atoms with Crippen molar-refractivity contribution < 1.29 is 28.7 Å². The molecule has 3 atom stereocenters. The van der Waals surface area contributed by atoms with Gasteiger partial charge in [0.05, 0.1) is 12.6 Å². The van der Waals surface area contributed by atoms with E-state index in [1.54, 1.807) is 29.2 Å². The van der Waals surface area contributed by atoms with Crippen molar-refractivity contribution in [1.82, 2.24) is 20.4 Å². The molecule has 0 aromatic heterocycles. The number of rotatable bonds is 16. The Kier molecular flexibility index (Phi) is 14.3. The number of carbonyl (C=O) groups excluding carboxylic acids is 5. The number of Topliss-reactive ketones (excluding diaryl/α,β-unsaturated/α-hetero) is 1. The fourth-order valence-corrected chi connectivity index (χ4v) is 4.63. The minimum atomic E-state index is -0.835. The second-order valence-electron chi connectivity index (χ2n) is 10.9. The summed E-state index contributed by atoms with van der Waals surface area (Å²) in [4.78, 5) is 66.5. The lowest BCUT2D eigenvalue weighted by Crippen LogP contribution is -2.48. The van der Waals surface area contributed by atoms with E-state index in [4.69, 9.17) is 10.5 Å². The highest BCUT2D eigenvalue weighted by atomic mass is 16.6. The van der Waals surface area contributed by atoms with Gasteiger partial charge in [-0.05, 0) is 43.5 Å². The van der Waals surface area contributed by atoms with Crippen molar-refractivity contribution in [3.8, 4) is 5.75 Å². The van der Waals surface area contributed by atoms with E-state index in [2.05, 4.69) is 22.5 Å². The van der Waals surface area contributed by atoms with Crippen LogP contribution in [0.25, 0.3) is 0 Å². The topological polar surface area (TPSA) is 151 Å². The van der Waals surface area contributed by atoms with E-state index in [0.29, 0.717) is 31.7 Å². The van der Waals surface area contributed by atoms with Crippen molar-refractivity contribution in [1.29, 1.82) is 0 Å². The van der Waals surface area contributed by atoms with Crippen LogP contribution in [0, 0.1) is 11.8 Å². The number of unbranched alkanes of at least 4 members (excludes halogenated alkanes) is 2. The predicted octanol–water partition coefficient (Wildman–Crippen LogP) is 2.26. The smallest absolute Gasteiger partial charge is 0.410 e. The third-order valence-electron chi connectivity index (χ3n) is 7.59. The van der Waals surface area contributed by atoms with Gasteiger partial charge >= 0.3 is 6.09 Å². The Hall–Kier alpha value is -3.47. The summed E-state index contributed by atoms with van der Waals surface area (Å²) in [6.45, 7) is 8.34. The molecule has 1 aliphatic heterocycles. The summed E-state index contributed by atoms with van der Waals surface area (Å²) in [5, 5.41) is 5.39. The zero-order valence-corrected chi connectivity index (χ0v) is 24.9. The Bertz CT molecular complexity index is 1020. The number of benzene rings is 1. The minimum Gasteiger partial charge on any atom is -0.410 e. The van der Waals surface area contributed by atoms with Gasteiger partial charge in [0.25, 0.3) is 0 Å². The van der Waals surface area contributed by atoms with Gasteiger partial charge in [0.15, 0.2) is 5.78 Å². The Morgan fingerprint density at radius 3 is 2.24 bits per heavy atom. The first-order valence-electron chi connectivity index (χ1n) is 14.7. The molecular formula is C30H47N5O6. The van der Waals surface area contributed by atoms with E-state index in [0.717, 1.165) is 37.9 Å². The van der Waals surface area contributed by atoms with Gasteiger partial charge in [0.2, 0.25) is 17.7 Å². The third kappa shape index (κ3) is 11.9. The molecule has 0 aliphatic carbocycles. The van der Waals surface area contributed by atoms with Crippen LogP contribution in [-0.2, 0) is 25.6 Å². The molecule has 1 aromatic carbocycles. The number of amides is 4. The quantitative estimate of drug-likeness (QED) is 0.257. The molecule has 1 fully saturated rings. The first kappa shape index (κ1) is 33.7. The molecular weight excluding hydrogens is 526 g/mol. The van der Waals surface area contributed by atoms with Crippen molar-refractivity contribution in [2.45, 2.75) is 71.8 Å². The second kappa shape index (κ2) is 17.4. The van der Waals surface area contributed by atoms with E-state index in [1.807, 2.05) is 20.9 Å². The molecule has 41 heavy (non-hydrogen) atoms. The number of hydrogen-bond acceptors (Lipinski definition) is 7. The fourth-order valence-electron chi connectivity index (χ4n) is 4.63. The number of nitrogens with two attached hydrogens (primary N) is 1. The van der Waals surface area contributed by atoms with Crippen LogP contribution in [0.4, 0.5) is 4.79 Å². The van der Waals surface area contributed by atoms with Gasteiger partial charge < -0.3 is 30.9 Å². The molecule has 1 aromatic rings. The van der Waals surface area contributed by atoms with Gasteiger partial charge in [0, 0.05) is 44.9 Å². The summed E-state index contributed by atoms with van der Waals surface area (Å²) < 4.78 is 5.53. The molecule has 4 amide bonds. The maximum absolute atomic E-state index is 13.5. The fraction of sp³-hybridized carbons (Fsp3) is 0.633. The lowest BCUT2D eigenvalue weighted by Gasteiger charge is -2.31. The number of nitrogens with zero attached hydrogens (tertiary/aromatic N) is 2. The summed E-state index contributed by atoms with van der Waals surface area (Å²) in [7, 11) is 2.01. The molecule has 1 heterocycles. The molecule has 0 radical (unpaired) electrons. The number of hydrogen-bond donors (Lipinski definition) is 3. The van der Waals surface area contributed by atoms with Crippen molar-refractivity contribution in [3.63, 3.8) is 0 Å². The number of piperazine rings is 1. The summed E-state index contributed by atoms with van der Waals surface area (Å²) in [5.41, 5.74) is 5.94. The predicted molar refractivity (Wildman–Crippen MR) is 156 cm³/mol. The molecule has 228 valence electrons. The normalized spacial score (nSPS) is 15.9. The number of carbonyl (C=O) groups is 5. The molecule has 0 bridgehead atoms. The standard InChI is InChI=1S/C30H47N5O6/c1-5-7-8-9-28(38)33-25(26(36)19-24(21(3)6-2)29(39)32-20-27(31)37)18-22-10-12-23(13-11-22)41-30(40)35-16-14-34(4)15-17-35/h10-13,21,24-25H,5-9,14-20H2,1-4H3,(H2,31,37)(H,32,39)(H,33,38). The number of ether oxygens (including phenoxy) is 1. The number of likely N-dealkylation sites (N-methyl/N-ethyl adjacent to an activating group) is 1. The van der Waals surface area contributed by atoms with Gasteiger partial charge in [-0.2, -0.15) is 0 Å². The summed E-state index contributed by atoms with van der Waals surface area (Å²) in [6.07, 6.45) is 3.32. The van der Waals surface area contributed by atoms with E-state index in [1.165, 1.54) is 0 Å². The first-order valence-corrected chi connectivity index (χ1v) is 14.7. The number of primary amides is 1. The van der Waals surface area contributed by atoms with Crippen LogP contribution in [0.2, 0.25) is 0 Å². The highest BCUT2D eigenvalue weighted by Gasteiger charge is 2.31. The summed E-state index contributed by atoms with van der Waals surface area (Å²) in [6, 6.07) is 6.04. The first-order chi connectivity index (χ1) is 19.5. The molecule has 11 heteroatoms. The van der Waals surface area contributed by atoms with E-state index < -0.39 is 29.9 Å². The van der Waals surface area contributed by atoms with Crippen LogP contribution >= 0.6 is 0 Å². The van der Waals surface area contributed by atoms with Crippen molar-refractivity contribution >= 4 is 29.6 Å². The van der Waals surface area contributed by atoms with Crippen LogP contribution in [-0.4, -0.2) is 85.2 Å². The van der Waals surface area contributed by atoms with Crippen LogP contribution in [0.5, 0.6) is 5.75 Å². The zero-order chi connectivity index (χ0) is 30.4. The van der Waals surface area contributed by atoms with E-state index >= 15 is 0 Å². The van der Waals surface area contributed by atoms with Crippen molar-refractivity contribution in [2.24, 2.45) is 17.6 Å². The van der Waals surface area contributed by atoms with Gasteiger partial charge in [0.1, 0.15) is 5.75 Å². The van der Waals surface area contributed by atoms with Gasteiger partial charge in [-0.1, -0.05) is 52.2 Å². The molecule has 4 N–H and O–H groups in total. The van der Waals surface area contributed by atoms with E-state index in [-0.39, 0.29) is 37.0 Å². The summed E-state index contributed by atoms with van der Waals surface area (Å²) in [5.74, 6) is -1.95. The number of ketones is 1. The van der Waals surface area contributed by atoms with Crippen LogP contribution in [0.15, 0.2) is 24.3 Å². The molecule has 0 spiro atoms. The maximum atomic E-state index is 13.5. The average molecular weight is 574 g/mol. The average Bonchev–Trinajstić information content (AvgIpc) is 2.95. The molecule has 1 saturated heterocycles. The summed E-state index contributed by atoms with van der Waals surface area (Å²) >= 11 is 0. The van der Waals surface area contributed by atoms with Crippen molar-refractivity contribution in [2.75, 3.05) is 39.8 Å². The van der Waals surface area contributed by atoms with Crippen molar-refractivity contribution in [3.05, 3.63) is 29.8 Å². The largest absolute Gasteiger partial charge is 0.415 e. The molecule has 3 unspecified atom stereocenters. The zero-order valence-electron chi connectivity index (χ0n) is 24.9. The van der Waals surface area contributed by atoms with Gasteiger partial charge in [-0.3, -0.25) is 19.2 Å². The highest BCUT2D eigenvalue weighted by Crippen LogP contribution is 2.22. The highest BCUT2D eigenvalue weighted by molar-refractivity contribution is 5.93. The van der Waals surface area contributed by atoms with Crippen LogP contribution in [0.1, 0.15) is 64.9 Å². The Labute approximate surface area is 243 Å². The van der Waals surface area contributed by atoms with Crippen LogP contribution < -0.4 is 21.1 Å². The molecule has 0 saturated carbocycles. The van der Waals surface area contributed by atoms with E-state index in [9.17, 15) is 24.0 Å². The Morgan fingerprint density at radius 1 is 1.00 bits per heavy atom. The Morgan fingerprint density at radius 2 is 1.66 bits per heavy atom. The lowest BCUT2D eigenvalue weighted by molar-refractivity contribution is -0.133. The molecule has 1 aliphatic rings.